The Balaban J connectivity index is 1.94. The third kappa shape index (κ3) is 4.37. The molecule has 0 fully saturated rings. The molecular weight excluding hydrogens is 326 g/mol. The summed E-state index contributed by atoms with van der Waals surface area (Å²) in [7, 11) is 0. The van der Waals surface area contributed by atoms with Gasteiger partial charge < -0.3 is 10.6 Å². The van der Waals surface area contributed by atoms with Gasteiger partial charge in [0.15, 0.2) is 0 Å². The zero-order valence-corrected chi connectivity index (χ0v) is 12.8. The number of anilines is 1. The highest BCUT2D eigenvalue weighted by Crippen LogP contribution is 2.16. The molecule has 1 amide bonds. The number of nitro groups is 1. The van der Waals surface area contributed by atoms with Gasteiger partial charge in [0, 0.05) is 28.4 Å². The molecule has 0 saturated heterocycles. The van der Waals surface area contributed by atoms with Crippen LogP contribution in [0.25, 0.3) is 0 Å². The summed E-state index contributed by atoms with van der Waals surface area (Å²) < 4.78 is 0. The Morgan fingerprint density at radius 1 is 1.14 bits per heavy atom. The molecule has 0 aliphatic rings. The molecule has 6 nitrogen and oxygen atoms in total. The number of rotatable bonds is 5. The lowest BCUT2D eigenvalue weighted by Crippen LogP contribution is -2.36. The van der Waals surface area contributed by atoms with Gasteiger partial charge in [-0.3, -0.25) is 14.9 Å². The molecule has 2 aromatic carbocycles. The van der Waals surface area contributed by atoms with Crippen LogP contribution in [0.15, 0.2) is 48.5 Å². The number of hydrogen-bond acceptors (Lipinski definition) is 5. The van der Waals surface area contributed by atoms with Gasteiger partial charge in [0.1, 0.15) is 5.50 Å². The van der Waals surface area contributed by atoms with Crippen molar-refractivity contribution in [1.82, 2.24) is 5.32 Å². The summed E-state index contributed by atoms with van der Waals surface area (Å²) in [5.74, 6) is -0.314. The second kappa shape index (κ2) is 7.15. The van der Waals surface area contributed by atoms with Crippen LogP contribution in [-0.4, -0.2) is 16.3 Å². The zero-order chi connectivity index (χ0) is 16.1. The number of nitro benzene ring substituents is 1. The summed E-state index contributed by atoms with van der Waals surface area (Å²) in [6, 6.07) is 12.2. The molecule has 22 heavy (non-hydrogen) atoms. The normalized spacial score (nSPS) is 11.5. The maximum absolute atomic E-state index is 12.0. The van der Waals surface area contributed by atoms with Gasteiger partial charge >= 0.3 is 0 Å². The molecular formula is C14H12ClN3O3S. The number of halogens is 1. The third-order valence-corrected chi connectivity index (χ3v) is 3.27. The van der Waals surface area contributed by atoms with E-state index in [1.165, 1.54) is 24.3 Å². The Morgan fingerprint density at radius 2 is 1.73 bits per heavy atom. The first-order chi connectivity index (χ1) is 10.5. The lowest BCUT2D eigenvalue weighted by Gasteiger charge is -2.16. The zero-order valence-electron chi connectivity index (χ0n) is 11.2. The van der Waals surface area contributed by atoms with Crippen LogP contribution in [-0.2, 0) is 0 Å². The predicted octanol–water partition coefficient (Wildman–Crippen LogP) is 3.30. The Hall–Kier alpha value is -2.25. The SMILES string of the molecule is O=C(NC(S)Nc1ccc([N+](=O)[O-])cc1)c1ccc(Cl)cc1. The molecule has 0 saturated carbocycles. The number of nitrogens with one attached hydrogen (secondary N) is 2. The standard InChI is InChI=1S/C14H12ClN3O3S/c15-10-3-1-9(2-4-10)13(19)17-14(22)16-11-5-7-12(8-6-11)18(20)21/h1-8,14,16,22H,(H,17,19). The summed E-state index contributed by atoms with van der Waals surface area (Å²) in [6.07, 6.45) is 0. The largest absolute Gasteiger partial charge is 0.357 e. The van der Waals surface area contributed by atoms with E-state index in [1.54, 1.807) is 24.3 Å². The number of nitrogens with zero attached hydrogens (tertiary/aromatic N) is 1. The molecule has 8 heteroatoms. The van der Waals surface area contributed by atoms with E-state index in [-0.39, 0.29) is 11.6 Å². The van der Waals surface area contributed by atoms with Crippen LogP contribution in [0, 0.1) is 10.1 Å². The number of amides is 1. The van der Waals surface area contributed by atoms with Crippen molar-refractivity contribution < 1.29 is 9.72 Å². The summed E-state index contributed by atoms with van der Waals surface area (Å²) in [6.45, 7) is 0. The highest BCUT2D eigenvalue weighted by Gasteiger charge is 2.11. The lowest BCUT2D eigenvalue weighted by molar-refractivity contribution is -0.384. The Kier molecular flexibility index (Phi) is 5.24. The van der Waals surface area contributed by atoms with Crippen molar-refractivity contribution in [2.24, 2.45) is 0 Å². The highest BCUT2D eigenvalue weighted by atomic mass is 35.5. The van der Waals surface area contributed by atoms with Gasteiger partial charge in [0.25, 0.3) is 11.6 Å². The molecule has 0 spiro atoms. The maximum atomic E-state index is 12.0. The number of thiol groups is 1. The first kappa shape index (κ1) is 16.1. The van der Waals surface area contributed by atoms with Crippen LogP contribution >= 0.6 is 24.2 Å². The van der Waals surface area contributed by atoms with Crippen molar-refractivity contribution in [3.8, 4) is 0 Å². The number of carbonyl (C=O) groups excluding carboxylic acids is 1. The van der Waals surface area contributed by atoms with E-state index in [0.29, 0.717) is 16.3 Å². The average molecular weight is 338 g/mol. The van der Waals surface area contributed by atoms with E-state index in [9.17, 15) is 14.9 Å². The number of non-ortho nitro benzene ring substituents is 1. The van der Waals surface area contributed by atoms with Crippen molar-refractivity contribution in [2.75, 3.05) is 5.32 Å². The minimum Gasteiger partial charge on any atom is -0.357 e. The van der Waals surface area contributed by atoms with Gasteiger partial charge in [-0.1, -0.05) is 11.6 Å². The summed E-state index contributed by atoms with van der Waals surface area (Å²) >= 11 is 9.97. The summed E-state index contributed by atoms with van der Waals surface area (Å²) in [4.78, 5) is 22.1. The molecule has 114 valence electrons. The Bertz CT molecular complexity index is 677. The molecule has 0 heterocycles. The van der Waals surface area contributed by atoms with E-state index in [4.69, 9.17) is 11.6 Å². The Labute approximate surface area is 137 Å². The van der Waals surface area contributed by atoms with Crippen LogP contribution in [0.3, 0.4) is 0 Å². The van der Waals surface area contributed by atoms with Gasteiger partial charge in [0.05, 0.1) is 4.92 Å². The molecule has 0 aromatic heterocycles. The minimum atomic E-state index is -0.648. The van der Waals surface area contributed by atoms with Crippen molar-refractivity contribution in [1.29, 1.82) is 0 Å². The van der Waals surface area contributed by atoms with Crippen LogP contribution in [0.5, 0.6) is 0 Å². The smallest absolute Gasteiger partial charge is 0.269 e. The molecule has 0 aliphatic heterocycles. The van der Waals surface area contributed by atoms with Gasteiger partial charge in [-0.05, 0) is 36.4 Å². The Morgan fingerprint density at radius 3 is 2.27 bits per heavy atom. The van der Waals surface area contributed by atoms with Crippen molar-refractivity contribution in [3.05, 3.63) is 69.2 Å². The van der Waals surface area contributed by atoms with E-state index >= 15 is 0 Å². The van der Waals surface area contributed by atoms with Gasteiger partial charge in [-0.25, -0.2) is 0 Å². The molecule has 2 rings (SSSR count). The molecule has 1 unspecified atom stereocenters. The third-order valence-electron chi connectivity index (χ3n) is 2.76. The topological polar surface area (TPSA) is 84.3 Å². The van der Waals surface area contributed by atoms with Gasteiger partial charge in [-0.2, -0.15) is 0 Å². The van der Waals surface area contributed by atoms with Crippen molar-refractivity contribution in [3.63, 3.8) is 0 Å². The number of carbonyl (C=O) groups is 1. The second-order valence-electron chi connectivity index (χ2n) is 4.33. The van der Waals surface area contributed by atoms with E-state index < -0.39 is 10.4 Å². The monoisotopic (exact) mass is 337 g/mol. The molecule has 0 aliphatic carbocycles. The fourth-order valence-corrected chi connectivity index (χ4v) is 2.07. The second-order valence-corrected chi connectivity index (χ2v) is 5.28. The first-order valence-corrected chi connectivity index (χ1v) is 7.10. The van der Waals surface area contributed by atoms with Crippen LogP contribution in [0.2, 0.25) is 5.02 Å². The van der Waals surface area contributed by atoms with Crippen LogP contribution < -0.4 is 10.6 Å². The average Bonchev–Trinajstić information content (AvgIpc) is 2.48. The fourth-order valence-electron chi connectivity index (χ4n) is 1.68. The number of hydrogen-bond donors (Lipinski definition) is 3. The first-order valence-electron chi connectivity index (χ1n) is 6.21. The summed E-state index contributed by atoms with van der Waals surface area (Å²) in [5, 5.41) is 16.7. The predicted molar refractivity (Wildman–Crippen MR) is 88.4 cm³/mol. The van der Waals surface area contributed by atoms with Gasteiger partial charge in [-0.15, -0.1) is 12.6 Å². The van der Waals surface area contributed by atoms with Crippen LogP contribution in [0.1, 0.15) is 10.4 Å². The van der Waals surface area contributed by atoms with Crippen LogP contribution in [0.4, 0.5) is 11.4 Å². The maximum Gasteiger partial charge on any atom is 0.269 e. The lowest BCUT2D eigenvalue weighted by atomic mass is 10.2. The van der Waals surface area contributed by atoms with E-state index in [0.717, 1.165) is 0 Å². The molecule has 0 bridgehead atoms. The quantitative estimate of drug-likeness (QED) is 0.338. The van der Waals surface area contributed by atoms with Crippen molar-refractivity contribution in [2.45, 2.75) is 5.50 Å². The van der Waals surface area contributed by atoms with E-state index in [2.05, 4.69) is 23.3 Å². The molecule has 1 atom stereocenters. The molecule has 2 N–H and O–H groups in total. The highest BCUT2D eigenvalue weighted by molar-refractivity contribution is 7.81. The van der Waals surface area contributed by atoms with Crippen molar-refractivity contribution >= 4 is 41.5 Å². The fraction of sp³-hybridized carbons (Fsp3) is 0.0714. The van der Waals surface area contributed by atoms with Gasteiger partial charge in [0.2, 0.25) is 0 Å². The summed E-state index contributed by atoms with van der Waals surface area (Å²) in [5.41, 5.74) is 0.395. The van der Waals surface area contributed by atoms with E-state index in [1.807, 2.05) is 0 Å². The molecule has 2 aromatic rings. The molecule has 0 radical (unpaired) electrons. The minimum absolute atomic E-state index is 0.00790. The number of benzene rings is 2.